The van der Waals surface area contributed by atoms with Crippen LogP contribution in [0.1, 0.15) is 23.4 Å². The number of halogens is 2. The second-order valence-corrected chi connectivity index (χ2v) is 6.19. The molecule has 21 heavy (non-hydrogen) atoms. The SMILES string of the molecule is COCc1nc(-c2ccc(F)c(F)c2)sc1CNC1CC1. The highest BCUT2D eigenvalue weighted by Crippen LogP contribution is 2.30. The van der Waals surface area contributed by atoms with Gasteiger partial charge in [-0.1, -0.05) is 0 Å². The molecule has 0 bridgehead atoms. The number of nitrogens with zero attached hydrogens (tertiary/aromatic N) is 1. The Labute approximate surface area is 126 Å². The van der Waals surface area contributed by atoms with Crippen molar-refractivity contribution >= 4 is 11.3 Å². The number of ether oxygens (including phenoxy) is 1. The first-order valence-electron chi connectivity index (χ1n) is 6.83. The van der Waals surface area contributed by atoms with Crippen LogP contribution >= 0.6 is 11.3 Å². The molecule has 0 atom stereocenters. The van der Waals surface area contributed by atoms with Crippen molar-refractivity contribution in [1.82, 2.24) is 10.3 Å². The highest BCUT2D eigenvalue weighted by molar-refractivity contribution is 7.15. The zero-order valence-corrected chi connectivity index (χ0v) is 12.5. The molecule has 112 valence electrons. The van der Waals surface area contributed by atoms with Gasteiger partial charge >= 0.3 is 0 Å². The lowest BCUT2D eigenvalue weighted by Crippen LogP contribution is -2.15. The van der Waals surface area contributed by atoms with Gasteiger partial charge in [-0.15, -0.1) is 11.3 Å². The van der Waals surface area contributed by atoms with Gasteiger partial charge in [0.2, 0.25) is 0 Å². The Morgan fingerprint density at radius 3 is 2.81 bits per heavy atom. The maximum Gasteiger partial charge on any atom is 0.159 e. The molecule has 3 rings (SSSR count). The topological polar surface area (TPSA) is 34.1 Å². The summed E-state index contributed by atoms with van der Waals surface area (Å²) >= 11 is 1.49. The number of hydrogen-bond acceptors (Lipinski definition) is 4. The van der Waals surface area contributed by atoms with Crippen LogP contribution in [0.4, 0.5) is 8.78 Å². The molecule has 0 radical (unpaired) electrons. The highest BCUT2D eigenvalue weighted by atomic mass is 32.1. The molecule has 6 heteroatoms. The van der Waals surface area contributed by atoms with Crippen LogP contribution in [-0.4, -0.2) is 18.1 Å². The first-order valence-corrected chi connectivity index (χ1v) is 7.65. The zero-order valence-electron chi connectivity index (χ0n) is 11.7. The Bertz CT molecular complexity index is 641. The van der Waals surface area contributed by atoms with Gasteiger partial charge in [-0.25, -0.2) is 13.8 Å². The van der Waals surface area contributed by atoms with Crippen LogP contribution in [0.25, 0.3) is 10.6 Å². The van der Waals surface area contributed by atoms with Crippen LogP contribution in [0, 0.1) is 11.6 Å². The summed E-state index contributed by atoms with van der Waals surface area (Å²) in [6, 6.07) is 4.47. The van der Waals surface area contributed by atoms with Gasteiger partial charge in [-0.05, 0) is 31.0 Å². The number of thiazole rings is 1. The van der Waals surface area contributed by atoms with Gasteiger partial charge in [-0.2, -0.15) is 0 Å². The predicted molar refractivity (Wildman–Crippen MR) is 78.0 cm³/mol. The van der Waals surface area contributed by atoms with Crippen LogP contribution in [0.15, 0.2) is 18.2 Å². The molecule has 0 saturated heterocycles. The molecule has 1 aliphatic rings. The molecule has 2 aromatic rings. The van der Waals surface area contributed by atoms with E-state index in [1.165, 1.54) is 30.2 Å². The van der Waals surface area contributed by atoms with E-state index in [9.17, 15) is 8.78 Å². The molecule has 1 saturated carbocycles. The van der Waals surface area contributed by atoms with E-state index >= 15 is 0 Å². The van der Waals surface area contributed by atoms with Crippen molar-refractivity contribution in [1.29, 1.82) is 0 Å². The van der Waals surface area contributed by atoms with Gasteiger partial charge in [0, 0.05) is 30.1 Å². The number of nitrogens with one attached hydrogen (secondary N) is 1. The fourth-order valence-corrected chi connectivity index (χ4v) is 3.06. The standard InChI is InChI=1S/C15H16F2N2OS/c1-20-8-13-14(7-18-10-3-4-10)21-15(19-13)9-2-5-11(16)12(17)6-9/h2,5-6,10,18H,3-4,7-8H2,1H3. The Balaban J connectivity index is 1.86. The van der Waals surface area contributed by atoms with Gasteiger partial charge < -0.3 is 10.1 Å². The van der Waals surface area contributed by atoms with E-state index < -0.39 is 11.6 Å². The van der Waals surface area contributed by atoms with Gasteiger partial charge in [-0.3, -0.25) is 0 Å². The van der Waals surface area contributed by atoms with Crippen LogP contribution < -0.4 is 5.32 Å². The minimum atomic E-state index is -0.853. The van der Waals surface area contributed by atoms with E-state index in [2.05, 4.69) is 10.3 Å². The maximum absolute atomic E-state index is 13.3. The molecule has 1 heterocycles. The van der Waals surface area contributed by atoms with E-state index in [-0.39, 0.29) is 0 Å². The third kappa shape index (κ3) is 3.45. The van der Waals surface area contributed by atoms with Crippen LogP contribution in [0.3, 0.4) is 0 Å². The summed E-state index contributed by atoms with van der Waals surface area (Å²) in [5.41, 5.74) is 1.45. The normalized spacial score (nSPS) is 14.6. The Morgan fingerprint density at radius 2 is 2.14 bits per heavy atom. The summed E-state index contributed by atoms with van der Waals surface area (Å²) in [7, 11) is 1.62. The van der Waals surface area contributed by atoms with Crippen molar-refractivity contribution in [3.8, 4) is 10.6 Å². The number of hydrogen-bond donors (Lipinski definition) is 1. The lowest BCUT2D eigenvalue weighted by atomic mass is 10.2. The maximum atomic E-state index is 13.3. The molecule has 3 nitrogen and oxygen atoms in total. The summed E-state index contributed by atoms with van der Waals surface area (Å²) in [5.74, 6) is -1.70. The van der Waals surface area contributed by atoms with Gasteiger partial charge in [0.1, 0.15) is 5.01 Å². The fraction of sp³-hybridized carbons (Fsp3) is 0.400. The molecular formula is C15H16F2N2OS. The minimum absolute atomic E-state index is 0.419. The van der Waals surface area contributed by atoms with E-state index in [0.29, 0.717) is 23.2 Å². The second kappa shape index (κ2) is 6.17. The van der Waals surface area contributed by atoms with Crippen molar-refractivity contribution in [3.05, 3.63) is 40.4 Å². The lowest BCUT2D eigenvalue weighted by molar-refractivity contribution is 0.181. The van der Waals surface area contributed by atoms with E-state index in [1.807, 2.05) is 0 Å². The third-order valence-electron chi connectivity index (χ3n) is 3.35. The van der Waals surface area contributed by atoms with Crippen molar-refractivity contribution in [2.24, 2.45) is 0 Å². The summed E-state index contributed by atoms with van der Waals surface area (Å²) in [4.78, 5) is 5.59. The van der Waals surface area contributed by atoms with Crippen LogP contribution in [-0.2, 0) is 17.9 Å². The number of methoxy groups -OCH3 is 1. The molecule has 0 unspecified atom stereocenters. The Kier molecular flexibility index (Phi) is 4.28. The highest BCUT2D eigenvalue weighted by Gasteiger charge is 2.22. The third-order valence-corrected chi connectivity index (χ3v) is 4.50. The smallest absolute Gasteiger partial charge is 0.159 e. The van der Waals surface area contributed by atoms with Crippen LogP contribution in [0.2, 0.25) is 0 Å². The Hall–Kier alpha value is -1.37. The predicted octanol–water partition coefficient (Wildman–Crippen LogP) is 3.49. The second-order valence-electron chi connectivity index (χ2n) is 5.11. The van der Waals surface area contributed by atoms with Crippen molar-refractivity contribution in [2.75, 3.05) is 7.11 Å². The summed E-state index contributed by atoms with van der Waals surface area (Å²) in [6.45, 7) is 1.16. The monoisotopic (exact) mass is 310 g/mol. The first kappa shape index (κ1) is 14.6. The molecule has 0 spiro atoms. The van der Waals surface area contributed by atoms with Crippen molar-refractivity contribution < 1.29 is 13.5 Å². The van der Waals surface area contributed by atoms with Crippen molar-refractivity contribution in [2.45, 2.75) is 32.0 Å². The number of aromatic nitrogens is 1. The molecule has 0 aliphatic heterocycles. The lowest BCUT2D eigenvalue weighted by Gasteiger charge is -2.02. The average molecular weight is 310 g/mol. The van der Waals surface area contributed by atoms with E-state index in [4.69, 9.17) is 4.74 Å². The van der Waals surface area contributed by atoms with Crippen molar-refractivity contribution in [3.63, 3.8) is 0 Å². The largest absolute Gasteiger partial charge is 0.378 e. The zero-order chi connectivity index (χ0) is 14.8. The fourth-order valence-electron chi connectivity index (χ4n) is 2.05. The Morgan fingerprint density at radius 1 is 1.33 bits per heavy atom. The molecule has 0 amide bonds. The quantitative estimate of drug-likeness (QED) is 0.887. The number of rotatable bonds is 6. The molecule has 1 N–H and O–H groups in total. The molecular weight excluding hydrogens is 294 g/mol. The van der Waals surface area contributed by atoms with Gasteiger partial charge in [0.25, 0.3) is 0 Å². The van der Waals surface area contributed by atoms with E-state index in [0.717, 1.165) is 23.2 Å². The molecule has 1 fully saturated rings. The average Bonchev–Trinajstić information content (AvgIpc) is 3.21. The first-order chi connectivity index (χ1) is 10.2. The molecule has 1 aliphatic carbocycles. The molecule has 1 aromatic carbocycles. The molecule has 1 aromatic heterocycles. The summed E-state index contributed by atoms with van der Waals surface area (Å²) in [6.07, 6.45) is 2.43. The van der Waals surface area contributed by atoms with E-state index in [1.54, 1.807) is 13.2 Å². The van der Waals surface area contributed by atoms with Gasteiger partial charge in [0.05, 0.1) is 12.3 Å². The minimum Gasteiger partial charge on any atom is -0.378 e. The number of benzene rings is 1. The van der Waals surface area contributed by atoms with Crippen LogP contribution in [0.5, 0.6) is 0 Å². The summed E-state index contributed by atoms with van der Waals surface area (Å²) < 4.78 is 31.5. The summed E-state index contributed by atoms with van der Waals surface area (Å²) in [5, 5.41) is 4.13. The van der Waals surface area contributed by atoms with Gasteiger partial charge in [0.15, 0.2) is 11.6 Å².